The Labute approximate surface area is 144 Å². The summed E-state index contributed by atoms with van der Waals surface area (Å²) in [6, 6.07) is 7.62. The molecule has 0 saturated carbocycles. The fourth-order valence-electron chi connectivity index (χ4n) is 3.14. The van der Waals surface area contributed by atoms with Gasteiger partial charge in [-0.25, -0.2) is 12.7 Å². The van der Waals surface area contributed by atoms with Crippen molar-refractivity contribution in [3.05, 3.63) is 35.4 Å². The molecule has 1 amide bonds. The highest BCUT2D eigenvalue weighted by atomic mass is 32.2. The molecule has 0 radical (unpaired) electrons. The van der Waals surface area contributed by atoms with Gasteiger partial charge in [0.1, 0.15) is 6.04 Å². The Bertz CT molecular complexity index is 680. The van der Waals surface area contributed by atoms with E-state index >= 15 is 0 Å². The molecule has 0 aliphatic carbocycles. The predicted molar refractivity (Wildman–Crippen MR) is 95.2 cm³/mol. The van der Waals surface area contributed by atoms with Gasteiger partial charge in [-0.05, 0) is 39.4 Å². The largest absolute Gasteiger partial charge is 0.352 e. The number of piperidine rings is 1. The normalized spacial score (nSPS) is 18.5. The van der Waals surface area contributed by atoms with Crippen LogP contribution in [0.3, 0.4) is 0 Å². The molecule has 0 spiro atoms. The summed E-state index contributed by atoms with van der Waals surface area (Å²) in [5.41, 5.74) is 2.08. The summed E-state index contributed by atoms with van der Waals surface area (Å²) in [6.07, 6.45) is 2.52. The van der Waals surface area contributed by atoms with Crippen LogP contribution in [0.1, 0.15) is 30.0 Å². The lowest BCUT2D eigenvalue weighted by molar-refractivity contribution is -0.126. The van der Waals surface area contributed by atoms with Crippen LogP contribution in [-0.4, -0.2) is 63.0 Å². The second-order valence-electron chi connectivity index (χ2n) is 6.73. The highest BCUT2D eigenvalue weighted by Crippen LogP contribution is 2.21. The first-order valence-electron chi connectivity index (χ1n) is 8.17. The molecule has 7 heteroatoms. The maximum Gasteiger partial charge on any atom is 0.242 e. The first-order valence-corrected chi connectivity index (χ1v) is 10.0. The molecular weight excluding hydrogens is 326 g/mol. The van der Waals surface area contributed by atoms with Gasteiger partial charge in [0.25, 0.3) is 0 Å². The van der Waals surface area contributed by atoms with Gasteiger partial charge in [-0.1, -0.05) is 29.8 Å². The van der Waals surface area contributed by atoms with Crippen molar-refractivity contribution >= 4 is 15.9 Å². The summed E-state index contributed by atoms with van der Waals surface area (Å²) in [6.45, 7) is 2.93. The molecule has 24 heavy (non-hydrogen) atoms. The van der Waals surface area contributed by atoms with Gasteiger partial charge in [0, 0.05) is 19.1 Å². The van der Waals surface area contributed by atoms with E-state index in [1.165, 1.54) is 10.6 Å². The minimum Gasteiger partial charge on any atom is -0.352 e. The van der Waals surface area contributed by atoms with Crippen LogP contribution in [0.2, 0.25) is 0 Å². The second-order valence-corrected chi connectivity index (χ2v) is 8.71. The van der Waals surface area contributed by atoms with Crippen LogP contribution in [0.25, 0.3) is 0 Å². The van der Waals surface area contributed by atoms with E-state index in [1.807, 2.05) is 50.2 Å². The minimum atomic E-state index is -3.14. The van der Waals surface area contributed by atoms with Crippen molar-refractivity contribution in [3.63, 3.8) is 0 Å². The third kappa shape index (κ3) is 4.78. The van der Waals surface area contributed by atoms with Crippen LogP contribution in [0.5, 0.6) is 0 Å². The molecule has 1 aliphatic rings. The Morgan fingerprint density at radius 2 is 1.92 bits per heavy atom. The summed E-state index contributed by atoms with van der Waals surface area (Å²) in [5.74, 6) is -0.0385. The smallest absolute Gasteiger partial charge is 0.242 e. The maximum atomic E-state index is 12.8. The second kappa shape index (κ2) is 7.63. The van der Waals surface area contributed by atoms with E-state index in [4.69, 9.17) is 0 Å². The lowest BCUT2D eigenvalue weighted by Gasteiger charge is -2.32. The first kappa shape index (κ1) is 18.9. The van der Waals surface area contributed by atoms with Crippen LogP contribution >= 0.6 is 0 Å². The molecule has 1 heterocycles. The molecule has 1 fully saturated rings. The van der Waals surface area contributed by atoms with Gasteiger partial charge in [0.15, 0.2) is 0 Å². The van der Waals surface area contributed by atoms with Crippen molar-refractivity contribution in [2.45, 2.75) is 31.8 Å². The van der Waals surface area contributed by atoms with Gasteiger partial charge < -0.3 is 5.32 Å². The number of carbonyl (C=O) groups excluding carboxylic acids is 1. The van der Waals surface area contributed by atoms with Crippen LogP contribution in [-0.2, 0) is 14.8 Å². The maximum absolute atomic E-state index is 12.8. The number of benzene rings is 1. The van der Waals surface area contributed by atoms with E-state index in [1.54, 1.807) is 0 Å². The topological polar surface area (TPSA) is 69.7 Å². The Kier molecular flexibility index (Phi) is 6.01. The molecule has 6 nitrogen and oxygen atoms in total. The third-order valence-electron chi connectivity index (χ3n) is 4.39. The highest BCUT2D eigenvalue weighted by molar-refractivity contribution is 7.88. The fourth-order valence-corrected chi connectivity index (χ4v) is 4.01. The standard InChI is InChI=1S/C17H27N3O3S/c1-13-6-5-7-14(12-13)16(19(2)3)17(21)18-15-8-10-20(11-9-15)24(4,22)23/h5-7,12,15-16H,8-11H2,1-4H3,(H,18,21)/t16-/m1/s1. The zero-order valence-corrected chi connectivity index (χ0v) is 15.6. The van der Waals surface area contributed by atoms with Crippen LogP contribution in [0.4, 0.5) is 0 Å². The molecule has 1 atom stereocenters. The van der Waals surface area contributed by atoms with Gasteiger partial charge in [-0.3, -0.25) is 9.69 Å². The molecule has 0 aromatic heterocycles. The van der Waals surface area contributed by atoms with Gasteiger partial charge in [0.2, 0.25) is 15.9 Å². The lowest BCUT2D eigenvalue weighted by atomic mass is 10.0. The lowest BCUT2D eigenvalue weighted by Crippen LogP contribution is -2.48. The average molecular weight is 353 g/mol. The predicted octanol–water partition coefficient (Wildman–Crippen LogP) is 1.14. The molecule has 1 N–H and O–H groups in total. The van der Waals surface area contributed by atoms with Gasteiger partial charge in [-0.2, -0.15) is 0 Å². The average Bonchev–Trinajstić information content (AvgIpc) is 2.46. The molecule has 1 aromatic rings. The first-order chi connectivity index (χ1) is 11.2. The molecule has 1 saturated heterocycles. The summed E-state index contributed by atoms with van der Waals surface area (Å²) in [7, 11) is 0.633. The summed E-state index contributed by atoms with van der Waals surface area (Å²) in [5, 5.41) is 3.09. The Hall–Kier alpha value is -1.44. The Morgan fingerprint density at radius 3 is 2.42 bits per heavy atom. The SMILES string of the molecule is Cc1cccc([C@H](C(=O)NC2CCN(S(C)(=O)=O)CC2)N(C)C)c1. The number of rotatable bonds is 5. The minimum absolute atomic E-state index is 0.0164. The monoisotopic (exact) mass is 353 g/mol. The van der Waals surface area contributed by atoms with Crippen molar-refractivity contribution in [2.75, 3.05) is 33.4 Å². The van der Waals surface area contributed by atoms with Gasteiger partial charge in [-0.15, -0.1) is 0 Å². The number of sulfonamides is 1. The Morgan fingerprint density at radius 1 is 1.29 bits per heavy atom. The number of likely N-dealkylation sites (N-methyl/N-ethyl adjacent to an activating group) is 1. The molecule has 1 aromatic carbocycles. The van der Waals surface area contributed by atoms with E-state index in [0.717, 1.165) is 11.1 Å². The molecule has 0 unspecified atom stereocenters. The molecular formula is C17H27N3O3S. The van der Waals surface area contributed by atoms with E-state index in [2.05, 4.69) is 5.32 Å². The number of hydrogen-bond donors (Lipinski definition) is 1. The molecule has 134 valence electrons. The highest BCUT2D eigenvalue weighted by Gasteiger charge is 2.29. The summed E-state index contributed by atoms with van der Waals surface area (Å²) in [4.78, 5) is 14.7. The van der Waals surface area contributed by atoms with Gasteiger partial charge >= 0.3 is 0 Å². The van der Waals surface area contributed by atoms with Crippen LogP contribution in [0, 0.1) is 6.92 Å². The number of aryl methyl sites for hydroxylation is 1. The zero-order valence-electron chi connectivity index (χ0n) is 14.8. The van der Waals surface area contributed by atoms with Crippen molar-refractivity contribution in [3.8, 4) is 0 Å². The molecule has 0 bridgehead atoms. The molecule has 1 aliphatic heterocycles. The number of amides is 1. The van der Waals surface area contributed by atoms with E-state index in [9.17, 15) is 13.2 Å². The quantitative estimate of drug-likeness (QED) is 0.862. The van der Waals surface area contributed by atoms with E-state index in [0.29, 0.717) is 25.9 Å². The van der Waals surface area contributed by atoms with Crippen molar-refractivity contribution < 1.29 is 13.2 Å². The fraction of sp³-hybridized carbons (Fsp3) is 0.588. The summed E-state index contributed by atoms with van der Waals surface area (Å²) >= 11 is 0. The third-order valence-corrected chi connectivity index (χ3v) is 5.70. The van der Waals surface area contributed by atoms with Crippen molar-refractivity contribution in [2.24, 2.45) is 0 Å². The summed E-state index contributed by atoms with van der Waals surface area (Å²) < 4.78 is 24.6. The van der Waals surface area contributed by atoms with E-state index in [-0.39, 0.29) is 18.0 Å². The Balaban J connectivity index is 2.02. The van der Waals surface area contributed by atoms with Crippen molar-refractivity contribution in [1.82, 2.24) is 14.5 Å². The number of nitrogens with zero attached hydrogens (tertiary/aromatic N) is 2. The number of nitrogens with one attached hydrogen (secondary N) is 1. The van der Waals surface area contributed by atoms with Gasteiger partial charge in [0.05, 0.1) is 6.26 Å². The number of carbonyl (C=O) groups is 1. The van der Waals surface area contributed by atoms with Crippen LogP contribution < -0.4 is 5.32 Å². The van der Waals surface area contributed by atoms with Crippen molar-refractivity contribution in [1.29, 1.82) is 0 Å². The molecule has 2 rings (SSSR count). The van der Waals surface area contributed by atoms with Crippen LogP contribution in [0.15, 0.2) is 24.3 Å². The number of hydrogen-bond acceptors (Lipinski definition) is 4. The van der Waals surface area contributed by atoms with E-state index < -0.39 is 10.0 Å². The zero-order chi connectivity index (χ0) is 17.9.